The summed E-state index contributed by atoms with van der Waals surface area (Å²) in [5, 5.41) is 8.89. The molecule has 2 aromatic carbocycles. The first-order valence-corrected chi connectivity index (χ1v) is 5.89. The van der Waals surface area contributed by atoms with Crippen LogP contribution in [-0.2, 0) is 6.61 Å². The number of benzene rings is 2. The van der Waals surface area contributed by atoms with Gasteiger partial charge in [-0.15, -0.1) is 0 Å². The van der Waals surface area contributed by atoms with E-state index in [1.807, 2.05) is 0 Å². The number of ether oxygens (including phenoxy) is 2. The minimum Gasteiger partial charge on any atom is -0.493 e. The van der Waals surface area contributed by atoms with Gasteiger partial charge >= 0.3 is 5.97 Å². The second kappa shape index (κ2) is 6.06. The number of carbonyl (C=O) groups is 1. The lowest BCUT2D eigenvalue weighted by Crippen LogP contribution is -2.02. The van der Waals surface area contributed by atoms with Crippen LogP contribution in [0.15, 0.2) is 42.5 Å². The second-order valence-electron chi connectivity index (χ2n) is 4.05. The number of hydrogen-bond acceptors (Lipinski definition) is 3. The van der Waals surface area contributed by atoms with E-state index in [-0.39, 0.29) is 18.0 Å². The summed E-state index contributed by atoms with van der Waals surface area (Å²) < 4.78 is 24.0. The lowest BCUT2D eigenvalue weighted by atomic mass is 10.2. The molecule has 0 saturated heterocycles. The van der Waals surface area contributed by atoms with E-state index in [0.717, 1.165) is 0 Å². The molecule has 0 amide bonds. The van der Waals surface area contributed by atoms with Crippen molar-refractivity contribution in [3.63, 3.8) is 0 Å². The Morgan fingerprint density at radius 3 is 2.60 bits per heavy atom. The Labute approximate surface area is 115 Å². The molecule has 20 heavy (non-hydrogen) atoms. The standard InChI is InChI=1S/C15H13FO4/c1-19-14-8-10(15(17)18)6-7-13(14)20-9-11-4-2-3-5-12(11)16/h2-8H,9H2,1H3,(H,17,18). The molecule has 2 rings (SSSR count). The lowest BCUT2D eigenvalue weighted by Gasteiger charge is -2.11. The molecular formula is C15H13FO4. The monoisotopic (exact) mass is 276 g/mol. The number of carboxylic acids is 1. The fourth-order valence-corrected chi connectivity index (χ4v) is 1.69. The average molecular weight is 276 g/mol. The van der Waals surface area contributed by atoms with Gasteiger partial charge < -0.3 is 14.6 Å². The van der Waals surface area contributed by atoms with E-state index >= 15 is 0 Å². The van der Waals surface area contributed by atoms with E-state index in [1.165, 1.54) is 31.4 Å². The normalized spacial score (nSPS) is 10.1. The van der Waals surface area contributed by atoms with Crippen LogP contribution in [0.25, 0.3) is 0 Å². The Morgan fingerprint density at radius 1 is 1.20 bits per heavy atom. The Morgan fingerprint density at radius 2 is 1.95 bits per heavy atom. The summed E-state index contributed by atoms with van der Waals surface area (Å²) >= 11 is 0. The van der Waals surface area contributed by atoms with Crippen LogP contribution in [0.1, 0.15) is 15.9 Å². The average Bonchev–Trinajstić information content (AvgIpc) is 2.46. The van der Waals surface area contributed by atoms with Crippen molar-refractivity contribution in [1.82, 2.24) is 0 Å². The van der Waals surface area contributed by atoms with Crippen molar-refractivity contribution in [2.24, 2.45) is 0 Å². The summed E-state index contributed by atoms with van der Waals surface area (Å²) in [6.45, 7) is 0.0372. The first-order valence-electron chi connectivity index (χ1n) is 5.89. The zero-order chi connectivity index (χ0) is 14.5. The van der Waals surface area contributed by atoms with Crippen molar-refractivity contribution < 1.29 is 23.8 Å². The zero-order valence-electron chi connectivity index (χ0n) is 10.8. The largest absolute Gasteiger partial charge is 0.493 e. The van der Waals surface area contributed by atoms with E-state index in [0.29, 0.717) is 17.1 Å². The van der Waals surface area contributed by atoms with Crippen molar-refractivity contribution in [3.05, 3.63) is 59.4 Å². The maximum Gasteiger partial charge on any atom is 0.335 e. The molecule has 0 aliphatic rings. The van der Waals surface area contributed by atoms with Crippen LogP contribution >= 0.6 is 0 Å². The Hall–Kier alpha value is -2.56. The van der Waals surface area contributed by atoms with Gasteiger partial charge in [-0.3, -0.25) is 0 Å². The van der Waals surface area contributed by atoms with E-state index in [9.17, 15) is 9.18 Å². The van der Waals surface area contributed by atoms with Gasteiger partial charge in [0, 0.05) is 5.56 Å². The fourth-order valence-electron chi connectivity index (χ4n) is 1.69. The van der Waals surface area contributed by atoms with Gasteiger partial charge in [0.05, 0.1) is 12.7 Å². The van der Waals surface area contributed by atoms with Crippen molar-refractivity contribution in [1.29, 1.82) is 0 Å². The van der Waals surface area contributed by atoms with Gasteiger partial charge in [-0.1, -0.05) is 18.2 Å². The van der Waals surface area contributed by atoms with Crippen molar-refractivity contribution >= 4 is 5.97 Å². The van der Waals surface area contributed by atoms with E-state index < -0.39 is 5.97 Å². The topological polar surface area (TPSA) is 55.8 Å². The number of carboxylic acid groups (broad SMARTS) is 1. The maximum absolute atomic E-state index is 13.5. The Kier molecular flexibility index (Phi) is 4.20. The number of halogens is 1. The fraction of sp³-hybridized carbons (Fsp3) is 0.133. The van der Waals surface area contributed by atoms with Gasteiger partial charge in [0.1, 0.15) is 12.4 Å². The van der Waals surface area contributed by atoms with E-state index in [4.69, 9.17) is 14.6 Å². The van der Waals surface area contributed by atoms with Crippen LogP contribution in [0.3, 0.4) is 0 Å². The van der Waals surface area contributed by atoms with Crippen LogP contribution in [0.2, 0.25) is 0 Å². The summed E-state index contributed by atoms with van der Waals surface area (Å²) in [5.74, 6) is -0.750. The van der Waals surface area contributed by atoms with Crippen LogP contribution in [-0.4, -0.2) is 18.2 Å². The Bertz CT molecular complexity index is 625. The Balaban J connectivity index is 2.17. The molecule has 0 bridgehead atoms. The second-order valence-corrected chi connectivity index (χ2v) is 4.05. The third kappa shape index (κ3) is 3.06. The summed E-state index contributed by atoms with van der Waals surface area (Å²) in [5.41, 5.74) is 0.511. The predicted molar refractivity (Wildman–Crippen MR) is 70.7 cm³/mol. The molecule has 0 spiro atoms. The van der Waals surface area contributed by atoms with Gasteiger partial charge in [-0.25, -0.2) is 9.18 Å². The molecule has 0 atom stereocenters. The number of rotatable bonds is 5. The van der Waals surface area contributed by atoms with Crippen molar-refractivity contribution in [2.75, 3.05) is 7.11 Å². The summed E-state index contributed by atoms with van der Waals surface area (Å²) in [6, 6.07) is 10.5. The smallest absolute Gasteiger partial charge is 0.335 e. The molecule has 0 heterocycles. The number of aromatic carboxylic acids is 1. The van der Waals surface area contributed by atoms with Crippen LogP contribution in [0.5, 0.6) is 11.5 Å². The molecule has 0 radical (unpaired) electrons. The summed E-state index contributed by atoms with van der Waals surface area (Å²) in [4.78, 5) is 10.9. The van der Waals surface area contributed by atoms with Gasteiger partial charge in [-0.2, -0.15) is 0 Å². The molecule has 0 unspecified atom stereocenters. The molecular weight excluding hydrogens is 263 g/mol. The SMILES string of the molecule is COc1cc(C(=O)O)ccc1OCc1ccccc1F. The minimum absolute atomic E-state index is 0.0372. The zero-order valence-corrected chi connectivity index (χ0v) is 10.8. The molecule has 5 heteroatoms. The van der Waals surface area contributed by atoms with Gasteiger partial charge in [0.2, 0.25) is 0 Å². The highest BCUT2D eigenvalue weighted by molar-refractivity contribution is 5.88. The van der Waals surface area contributed by atoms with Crippen LogP contribution in [0, 0.1) is 5.82 Å². The summed E-state index contributed by atoms with van der Waals surface area (Å²) in [6.07, 6.45) is 0. The first kappa shape index (κ1) is 13.9. The third-order valence-corrected chi connectivity index (χ3v) is 2.75. The molecule has 0 aliphatic carbocycles. The van der Waals surface area contributed by atoms with E-state index in [1.54, 1.807) is 18.2 Å². The molecule has 104 valence electrons. The van der Waals surface area contributed by atoms with Crippen molar-refractivity contribution in [3.8, 4) is 11.5 Å². The van der Waals surface area contributed by atoms with Crippen LogP contribution < -0.4 is 9.47 Å². The number of methoxy groups -OCH3 is 1. The van der Waals surface area contributed by atoms with Crippen molar-refractivity contribution in [2.45, 2.75) is 6.61 Å². The van der Waals surface area contributed by atoms with Gasteiger partial charge in [0.15, 0.2) is 11.5 Å². The van der Waals surface area contributed by atoms with Gasteiger partial charge in [-0.05, 0) is 24.3 Å². The predicted octanol–water partition coefficient (Wildman–Crippen LogP) is 3.11. The molecule has 0 fully saturated rings. The highest BCUT2D eigenvalue weighted by Gasteiger charge is 2.10. The molecule has 2 aromatic rings. The number of hydrogen-bond donors (Lipinski definition) is 1. The highest BCUT2D eigenvalue weighted by Crippen LogP contribution is 2.29. The highest BCUT2D eigenvalue weighted by atomic mass is 19.1. The molecule has 4 nitrogen and oxygen atoms in total. The first-order chi connectivity index (χ1) is 9.61. The molecule has 0 aromatic heterocycles. The lowest BCUT2D eigenvalue weighted by molar-refractivity contribution is 0.0696. The maximum atomic E-state index is 13.5. The summed E-state index contributed by atoms with van der Waals surface area (Å²) in [7, 11) is 1.41. The van der Waals surface area contributed by atoms with Crippen LogP contribution in [0.4, 0.5) is 4.39 Å². The molecule has 0 saturated carbocycles. The van der Waals surface area contributed by atoms with Gasteiger partial charge in [0.25, 0.3) is 0 Å². The third-order valence-electron chi connectivity index (χ3n) is 2.75. The quantitative estimate of drug-likeness (QED) is 0.911. The molecule has 1 N–H and O–H groups in total. The molecule has 0 aliphatic heterocycles. The minimum atomic E-state index is -1.05. The van der Waals surface area contributed by atoms with E-state index in [2.05, 4.69) is 0 Å².